The van der Waals surface area contributed by atoms with Gasteiger partial charge in [0.2, 0.25) is 10.0 Å². The molecule has 0 radical (unpaired) electrons. The highest BCUT2D eigenvalue weighted by Crippen LogP contribution is 2.28. The summed E-state index contributed by atoms with van der Waals surface area (Å²) in [5.74, 6) is 0. The van der Waals surface area contributed by atoms with Crippen LogP contribution in [0.5, 0.6) is 0 Å². The summed E-state index contributed by atoms with van der Waals surface area (Å²) in [6.07, 6.45) is -3.10. The van der Waals surface area contributed by atoms with Crippen LogP contribution in [-0.2, 0) is 10.0 Å². The van der Waals surface area contributed by atoms with E-state index >= 15 is 0 Å². The Hall–Kier alpha value is -0.990. The standard InChI is InChI=1S/C6H6ClF2N3O2S/c7-5-2(10)1-3(15(11,13)14)4(12-5)6(8)9/h1,6H,10H2,(H2,11,13,14). The summed E-state index contributed by atoms with van der Waals surface area (Å²) in [4.78, 5) is 2.35. The average molecular weight is 258 g/mol. The first kappa shape index (κ1) is 12.1. The fourth-order valence-corrected chi connectivity index (χ4v) is 1.75. The van der Waals surface area contributed by atoms with Gasteiger partial charge in [0.15, 0.2) is 5.15 Å². The fraction of sp³-hybridized carbons (Fsp3) is 0.167. The first-order valence-corrected chi connectivity index (χ1v) is 5.42. The maximum Gasteiger partial charge on any atom is 0.281 e. The SMILES string of the molecule is Nc1cc(S(N)(=O)=O)c(C(F)F)nc1Cl. The Bertz CT molecular complexity index is 491. The Morgan fingerprint density at radius 3 is 2.40 bits per heavy atom. The Morgan fingerprint density at radius 2 is 2.00 bits per heavy atom. The average Bonchev–Trinajstić information content (AvgIpc) is 2.06. The van der Waals surface area contributed by atoms with Crippen molar-refractivity contribution >= 4 is 27.3 Å². The molecular weight excluding hydrogens is 252 g/mol. The first-order valence-electron chi connectivity index (χ1n) is 3.50. The number of rotatable bonds is 2. The lowest BCUT2D eigenvalue weighted by atomic mass is 10.3. The summed E-state index contributed by atoms with van der Waals surface area (Å²) in [6.45, 7) is 0. The van der Waals surface area contributed by atoms with Crippen LogP contribution in [0.3, 0.4) is 0 Å². The predicted molar refractivity (Wildman–Crippen MR) is 50.0 cm³/mol. The van der Waals surface area contributed by atoms with Crippen LogP contribution >= 0.6 is 11.6 Å². The molecule has 0 aliphatic heterocycles. The molecule has 0 saturated heterocycles. The van der Waals surface area contributed by atoms with Crippen LogP contribution in [0.15, 0.2) is 11.0 Å². The summed E-state index contributed by atoms with van der Waals surface area (Å²) >= 11 is 5.37. The molecule has 0 aromatic carbocycles. The van der Waals surface area contributed by atoms with E-state index in [0.717, 1.165) is 6.07 Å². The summed E-state index contributed by atoms with van der Waals surface area (Å²) in [5.41, 5.74) is 3.99. The molecule has 9 heteroatoms. The maximum absolute atomic E-state index is 12.4. The van der Waals surface area contributed by atoms with Crippen molar-refractivity contribution in [3.63, 3.8) is 0 Å². The van der Waals surface area contributed by atoms with Crippen molar-refractivity contribution in [3.8, 4) is 0 Å². The van der Waals surface area contributed by atoms with Gasteiger partial charge in [0.1, 0.15) is 10.6 Å². The molecule has 0 unspecified atom stereocenters. The van der Waals surface area contributed by atoms with Gasteiger partial charge in [0.25, 0.3) is 6.43 Å². The van der Waals surface area contributed by atoms with Crippen LogP contribution in [0.4, 0.5) is 14.5 Å². The largest absolute Gasteiger partial charge is 0.396 e. The number of nitrogens with zero attached hydrogens (tertiary/aromatic N) is 1. The highest BCUT2D eigenvalue weighted by molar-refractivity contribution is 7.89. The number of nitrogens with two attached hydrogens (primary N) is 2. The summed E-state index contributed by atoms with van der Waals surface area (Å²) in [5, 5.41) is 4.32. The number of halogens is 3. The number of hydrogen-bond acceptors (Lipinski definition) is 4. The molecule has 0 spiro atoms. The van der Waals surface area contributed by atoms with Crippen molar-refractivity contribution in [3.05, 3.63) is 16.9 Å². The molecule has 1 rings (SSSR count). The fourth-order valence-electron chi connectivity index (χ4n) is 0.884. The zero-order valence-corrected chi connectivity index (χ0v) is 8.69. The lowest BCUT2D eigenvalue weighted by Crippen LogP contribution is -2.16. The number of alkyl halides is 2. The Morgan fingerprint density at radius 1 is 1.47 bits per heavy atom. The molecule has 0 aliphatic rings. The monoisotopic (exact) mass is 257 g/mol. The van der Waals surface area contributed by atoms with E-state index in [9.17, 15) is 17.2 Å². The lowest BCUT2D eigenvalue weighted by Gasteiger charge is -2.07. The molecule has 5 nitrogen and oxygen atoms in total. The number of primary sulfonamides is 1. The second-order valence-electron chi connectivity index (χ2n) is 2.60. The van der Waals surface area contributed by atoms with Crippen LogP contribution in [0, 0.1) is 0 Å². The van der Waals surface area contributed by atoms with E-state index in [0.29, 0.717) is 0 Å². The molecule has 0 aliphatic carbocycles. The smallest absolute Gasteiger partial charge is 0.281 e. The van der Waals surface area contributed by atoms with E-state index < -0.39 is 32.2 Å². The molecule has 0 bridgehead atoms. The molecule has 1 heterocycles. The minimum atomic E-state index is -4.30. The van der Waals surface area contributed by atoms with Crippen LogP contribution in [-0.4, -0.2) is 13.4 Å². The number of hydrogen-bond donors (Lipinski definition) is 2. The number of nitrogen functional groups attached to an aromatic ring is 1. The maximum atomic E-state index is 12.4. The summed E-state index contributed by atoms with van der Waals surface area (Å²) < 4.78 is 46.6. The number of aromatic nitrogens is 1. The third kappa shape index (κ3) is 2.52. The van der Waals surface area contributed by atoms with Gasteiger partial charge < -0.3 is 5.73 Å². The van der Waals surface area contributed by atoms with Crippen molar-refractivity contribution in [1.82, 2.24) is 4.98 Å². The van der Waals surface area contributed by atoms with E-state index in [-0.39, 0.29) is 5.69 Å². The van der Waals surface area contributed by atoms with E-state index in [2.05, 4.69) is 4.98 Å². The third-order valence-electron chi connectivity index (χ3n) is 1.51. The molecule has 4 N–H and O–H groups in total. The zero-order chi connectivity index (χ0) is 11.8. The van der Waals surface area contributed by atoms with Gasteiger partial charge >= 0.3 is 0 Å². The number of pyridine rings is 1. The highest BCUT2D eigenvalue weighted by atomic mass is 35.5. The quantitative estimate of drug-likeness (QED) is 0.769. The van der Waals surface area contributed by atoms with E-state index in [1.54, 1.807) is 0 Å². The van der Waals surface area contributed by atoms with Crippen molar-refractivity contribution < 1.29 is 17.2 Å². The van der Waals surface area contributed by atoms with Gasteiger partial charge in [-0.25, -0.2) is 27.3 Å². The topological polar surface area (TPSA) is 99.1 Å². The molecular formula is C6H6ClF2N3O2S. The minimum absolute atomic E-state index is 0.231. The van der Waals surface area contributed by atoms with Crippen LogP contribution in [0.2, 0.25) is 5.15 Å². The normalized spacial score (nSPS) is 12.1. The number of sulfonamides is 1. The molecule has 1 aromatic rings. The second kappa shape index (κ2) is 3.87. The van der Waals surface area contributed by atoms with Gasteiger partial charge in [-0.2, -0.15) is 0 Å². The van der Waals surface area contributed by atoms with E-state index in [4.69, 9.17) is 22.5 Å². The van der Waals surface area contributed by atoms with Crippen molar-refractivity contribution in [2.75, 3.05) is 5.73 Å². The van der Waals surface area contributed by atoms with Gasteiger partial charge in [-0.15, -0.1) is 0 Å². The molecule has 0 fully saturated rings. The van der Waals surface area contributed by atoms with E-state index in [1.807, 2.05) is 0 Å². The predicted octanol–water partition coefficient (Wildman–Crippen LogP) is 0.902. The Balaban J connectivity index is 3.56. The van der Waals surface area contributed by atoms with Gasteiger partial charge in [0, 0.05) is 0 Å². The molecule has 0 amide bonds. The van der Waals surface area contributed by atoms with Crippen LogP contribution < -0.4 is 10.9 Å². The van der Waals surface area contributed by atoms with Crippen molar-refractivity contribution in [2.45, 2.75) is 11.3 Å². The Labute approximate surface area is 89.1 Å². The minimum Gasteiger partial charge on any atom is -0.396 e. The van der Waals surface area contributed by atoms with Crippen molar-refractivity contribution in [2.24, 2.45) is 5.14 Å². The molecule has 15 heavy (non-hydrogen) atoms. The summed E-state index contributed by atoms with van der Waals surface area (Å²) in [7, 11) is -4.30. The second-order valence-corrected chi connectivity index (χ2v) is 4.49. The number of anilines is 1. The van der Waals surface area contributed by atoms with Crippen LogP contribution in [0.1, 0.15) is 12.1 Å². The molecule has 1 aromatic heterocycles. The summed E-state index contributed by atoms with van der Waals surface area (Å²) in [6, 6.07) is 0.756. The molecule has 0 saturated carbocycles. The van der Waals surface area contributed by atoms with E-state index in [1.165, 1.54) is 0 Å². The third-order valence-corrected chi connectivity index (χ3v) is 2.75. The highest BCUT2D eigenvalue weighted by Gasteiger charge is 2.24. The zero-order valence-electron chi connectivity index (χ0n) is 7.12. The van der Waals surface area contributed by atoms with Gasteiger partial charge in [0.05, 0.1) is 5.69 Å². The van der Waals surface area contributed by atoms with Crippen LogP contribution in [0.25, 0.3) is 0 Å². The van der Waals surface area contributed by atoms with Crippen molar-refractivity contribution in [1.29, 1.82) is 0 Å². The lowest BCUT2D eigenvalue weighted by molar-refractivity contribution is 0.142. The van der Waals surface area contributed by atoms with Gasteiger partial charge in [-0.05, 0) is 6.07 Å². The Kier molecular flexibility index (Phi) is 3.12. The molecule has 84 valence electrons. The van der Waals surface area contributed by atoms with Gasteiger partial charge in [-0.1, -0.05) is 11.6 Å². The first-order chi connectivity index (χ1) is 6.73. The molecule has 0 atom stereocenters. The van der Waals surface area contributed by atoms with Gasteiger partial charge in [-0.3, -0.25) is 0 Å².